The molecule has 0 atom stereocenters. The lowest BCUT2D eigenvalue weighted by Crippen LogP contribution is -2.09. The van der Waals surface area contributed by atoms with Crippen molar-refractivity contribution in [3.63, 3.8) is 0 Å². The summed E-state index contributed by atoms with van der Waals surface area (Å²) < 4.78 is 0. The SMILES string of the molecule is c1ccc(-c2ccc(-c3ccc(N(c4ccc(-c5ccc(-c6ccccc6)cc5)cc4)c4ccc(-c5ccc(-c6ccc(N(c7ccccc7)c7ccccc7)cc6)cc5)cc4)cc3)cc2)cc1. The van der Waals surface area contributed by atoms with E-state index in [0.29, 0.717) is 0 Å². The summed E-state index contributed by atoms with van der Waals surface area (Å²) in [5.74, 6) is 0. The number of nitrogens with zero attached hydrogens (tertiary/aromatic N) is 2. The van der Waals surface area contributed by atoms with Gasteiger partial charge < -0.3 is 9.80 Å². The number of para-hydroxylation sites is 2. The Bertz CT molecular complexity index is 3170. The van der Waals surface area contributed by atoms with Crippen molar-refractivity contribution in [3.8, 4) is 66.8 Å². The molecule has 0 aliphatic rings. The van der Waals surface area contributed by atoms with Gasteiger partial charge in [0.1, 0.15) is 0 Å². The first-order valence-electron chi connectivity index (χ1n) is 23.2. The Morgan fingerprint density at radius 3 is 0.441 bits per heavy atom. The first-order chi connectivity index (χ1) is 33.7. The molecule has 0 aliphatic carbocycles. The van der Waals surface area contributed by atoms with Gasteiger partial charge in [-0.15, -0.1) is 0 Å². The molecule has 0 aliphatic heterocycles. The molecule has 0 radical (unpaired) electrons. The lowest BCUT2D eigenvalue weighted by molar-refractivity contribution is 1.28. The van der Waals surface area contributed by atoms with Crippen LogP contribution in [0.5, 0.6) is 0 Å². The molecule has 2 nitrogen and oxygen atoms in total. The Hall–Kier alpha value is -8.98. The van der Waals surface area contributed by atoms with Gasteiger partial charge in [-0.05, 0) is 140 Å². The second kappa shape index (κ2) is 19.2. The topological polar surface area (TPSA) is 6.48 Å². The van der Waals surface area contributed by atoms with Crippen LogP contribution in [-0.2, 0) is 0 Å². The summed E-state index contributed by atoms with van der Waals surface area (Å²) in [4.78, 5) is 4.64. The molecule has 0 aromatic heterocycles. The van der Waals surface area contributed by atoms with E-state index in [9.17, 15) is 0 Å². The second-order valence-electron chi connectivity index (χ2n) is 17.0. The van der Waals surface area contributed by atoms with E-state index in [1.807, 2.05) is 0 Å². The summed E-state index contributed by atoms with van der Waals surface area (Å²) in [6.07, 6.45) is 0. The molecule has 2 heteroatoms. The van der Waals surface area contributed by atoms with E-state index in [1.54, 1.807) is 0 Å². The molecule has 0 heterocycles. The summed E-state index contributed by atoms with van der Waals surface area (Å²) in [6, 6.07) is 104. The minimum atomic E-state index is 1.09. The van der Waals surface area contributed by atoms with Gasteiger partial charge in [0.2, 0.25) is 0 Å². The molecule has 322 valence electrons. The van der Waals surface area contributed by atoms with E-state index in [1.165, 1.54) is 66.8 Å². The molecule has 11 aromatic carbocycles. The molecule has 0 fully saturated rings. The van der Waals surface area contributed by atoms with Gasteiger partial charge in [0.25, 0.3) is 0 Å². The van der Waals surface area contributed by atoms with Gasteiger partial charge in [-0.3, -0.25) is 0 Å². The monoisotopic (exact) mass is 868 g/mol. The predicted molar refractivity (Wildman–Crippen MR) is 288 cm³/mol. The Kier molecular flexibility index (Phi) is 11.8. The standard InChI is InChI=1S/C66H48N2/c1-5-13-49(14-6-1)51-21-25-53(26-22-51)58-35-43-64(44-36-58)68(65-45-37-59(38-46-65)54-27-23-52(24-28-54)50-15-7-2-8-16-50)66-47-39-60(40-48-66)56-31-29-55(30-32-56)57-33-41-63(42-34-57)67(61-17-9-3-10-18-61)62-19-11-4-12-20-62/h1-48H. The highest BCUT2D eigenvalue weighted by Gasteiger charge is 2.16. The van der Waals surface area contributed by atoms with Crippen LogP contribution in [-0.4, -0.2) is 0 Å². The summed E-state index contributed by atoms with van der Waals surface area (Å²) in [7, 11) is 0. The molecule has 0 bridgehead atoms. The van der Waals surface area contributed by atoms with Gasteiger partial charge in [0.05, 0.1) is 0 Å². The van der Waals surface area contributed by atoms with E-state index in [0.717, 1.165) is 34.1 Å². The van der Waals surface area contributed by atoms with Crippen molar-refractivity contribution in [2.24, 2.45) is 0 Å². The third-order valence-electron chi connectivity index (χ3n) is 12.7. The zero-order valence-electron chi connectivity index (χ0n) is 37.6. The van der Waals surface area contributed by atoms with Crippen LogP contribution in [0.4, 0.5) is 34.1 Å². The summed E-state index contributed by atoms with van der Waals surface area (Å²) >= 11 is 0. The van der Waals surface area contributed by atoms with Crippen LogP contribution in [0.15, 0.2) is 291 Å². The largest absolute Gasteiger partial charge is 0.311 e. The zero-order valence-corrected chi connectivity index (χ0v) is 37.6. The molecular weight excluding hydrogens is 821 g/mol. The maximum absolute atomic E-state index is 2.35. The van der Waals surface area contributed by atoms with Crippen molar-refractivity contribution in [2.45, 2.75) is 0 Å². The van der Waals surface area contributed by atoms with Crippen LogP contribution in [0.1, 0.15) is 0 Å². The average Bonchev–Trinajstić information content (AvgIpc) is 3.43. The predicted octanol–water partition coefficient (Wildman–Crippen LogP) is 18.6. The molecule has 0 saturated heterocycles. The van der Waals surface area contributed by atoms with Gasteiger partial charge in [-0.25, -0.2) is 0 Å². The summed E-state index contributed by atoms with van der Waals surface area (Å²) in [5.41, 5.74) is 21.0. The van der Waals surface area contributed by atoms with Crippen LogP contribution in [0, 0.1) is 0 Å². The normalized spacial score (nSPS) is 10.9. The quantitative estimate of drug-likeness (QED) is 0.121. The fourth-order valence-electron chi connectivity index (χ4n) is 9.09. The Balaban J connectivity index is 0.857. The van der Waals surface area contributed by atoms with Crippen molar-refractivity contribution in [2.75, 3.05) is 9.80 Å². The van der Waals surface area contributed by atoms with Crippen molar-refractivity contribution in [1.82, 2.24) is 0 Å². The lowest BCUT2D eigenvalue weighted by atomic mass is 9.99. The van der Waals surface area contributed by atoms with Crippen LogP contribution < -0.4 is 9.80 Å². The highest BCUT2D eigenvalue weighted by atomic mass is 15.1. The van der Waals surface area contributed by atoms with E-state index < -0.39 is 0 Å². The molecule has 0 amide bonds. The molecule has 68 heavy (non-hydrogen) atoms. The Morgan fingerprint density at radius 1 is 0.118 bits per heavy atom. The van der Waals surface area contributed by atoms with Crippen molar-refractivity contribution in [3.05, 3.63) is 291 Å². The van der Waals surface area contributed by atoms with Crippen LogP contribution in [0.25, 0.3) is 66.8 Å². The second-order valence-corrected chi connectivity index (χ2v) is 17.0. The molecule has 11 rings (SSSR count). The van der Waals surface area contributed by atoms with Gasteiger partial charge >= 0.3 is 0 Å². The highest BCUT2D eigenvalue weighted by molar-refractivity contribution is 5.83. The molecule has 0 saturated carbocycles. The maximum Gasteiger partial charge on any atom is 0.0462 e. The van der Waals surface area contributed by atoms with Crippen molar-refractivity contribution >= 4 is 34.1 Å². The van der Waals surface area contributed by atoms with E-state index in [-0.39, 0.29) is 0 Å². The fourth-order valence-corrected chi connectivity index (χ4v) is 9.09. The van der Waals surface area contributed by atoms with Gasteiger partial charge in [-0.2, -0.15) is 0 Å². The third kappa shape index (κ3) is 9.00. The van der Waals surface area contributed by atoms with E-state index >= 15 is 0 Å². The third-order valence-corrected chi connectivity index (χ3v) is 12.7. The highest BCUT2D eigenvalue weighted by Crippen LogP contribution is 2.39. The fraction of sp³-hybridized carbons (Fsp3) is 0. The van der Waals surface area contributed by atoms with Crippen LogP contribution in [0.3, 0.4) is 0 Å². The number of anilines is 6. The van der Waals surface area contributed by atoms with Crippen molar-refractivity contribution < 1.29 is 0 Å². The summed E-state index contributed by atoms with van der Waals surface area (Å²) in [5, 5.41) is 0. The van der Waals surface area contributed by atoms with Crippen LogP contribution >= 0.6 is 0 Å². The number of hydrogen-bond donors (Lipinski definition) is 0. The van der Waals surface area contributed by atoms with Crippen molar-refractivity contribution in [1.29, 1.82) is 0 Å². The average molecular weight is 869 g/mol. The maximum atomic E-state index is 2.35. The minimum Gasteiger partial charge on any atom is -0.311 e. The summed E-state index contributed by atoms with van der Waals surface area (Å²) in [6.45, 7) is 0. The number of hydrogen-bond acceptors (Lipinski definition) is 2. The number of rotatable bonds is 12. The van der Waals surface area contributed by atoms with Gasteiger partial charge in [0.15, 0.2) is 0 Å². The van der Waals surface area contributed by atoms with Gasteiger partial charge in [-0.1, -0.05) is 218 Å². The molecule has 11 aromatic rings. The first-order valence-corrected chi connectivity index (χ1v) is 23.2. The lowest BCUT2D eigenvalue weighted by Gasteiger charge is -2.26. The van der Waals surface area contributed by atoms with E-state index in [2.05, 4.69) is 301 Å². The molecular formula is C66H48N2. The Labute approximate surface area is 400 Å². The smallest absolute Gasteiger partial charge is 0.0462 e. The minimum absolute atomic E-state index is 1.09. The zero-order chi connectivity index (χ0) is 45.5. The van der Waals surface area contributed by atoms with Gasteiger partial charge in [0, 0.05) is 34.1 Å². The molecule has 0 unspecified atom stereocenters. The van der Waals surface area contributed by atoms with Crippen LogP contribution in [0.2, 0.25) is 0 Å². The molecule has 0 spiro atoms. The number of benzene rings is 11. The molecule has 0 N–H and O–H groups in total. The Morgan fingerprint density at radius 2 is 0.250 bits per heavy atom. The van der Waals surface area contributed by atoms with E-state index in [4.69, 9.17) is 0 Å². The first kappa shape index (κ1) is 41.7.